The predicted octanol–water partition coefficient (Wildman–Crippen LogP) is 4.48. The van der Waals surface area contributed by atoms with Crippen LogP contribution in [0.3, 0.4) is 0 Å². The Kier molecular flexibility index (Phi) is 4.88. The van der Waals surface area contributed by atoms with Gasteiger partial charge in [0.15, 0.2) is 0 Å². The number of anilines is 1. The number of H-pyrrole nitrogens is 1. The van der Waals surface area contributed by atoms with Crippen LogP contribution in [-0.4, -0.2) is 18.4 Å². The molecule has 0 saturated heterocycles. The molecule has 0 aliphatic carbocycles. The van der Waals surface area contributed by atoms with Crippen LogP contribution in [0.25, 0.3) is 11.4 Å². The van der Waals surface area contributed by atoms with Crippen LogP contribution >= 0.6 is 0 Å². The van der Waals surface area contributed by atoms with Crippen LogP contribution in [0.1, 0.15) is 11.3 Å². The zero-order valence-corrected chi connectivity index (χ0v) is 14.9. The molecule has 2 aromatic heterocycles. The van der Waals surface area contributed by atoms with Crippen molar-refractivity contribution in [1.29, 1.82) is 0 Å². The van der Waals surface area contributed by atoms with Crippen LogP contribution < -0.4 is 4.72 Å². The molecule has 0 spiro atoms. The molecular weight excluding hydrogens is 405 g/mol. The van der Waals surface area contributed by atoms with Crippen LogP contribution in [0.4, 0.5) is 27.6 Å². The highest BCUT2D eigenvalue weighted by molar-refractivity contribution is 7.92. The molecule has 0 fully saturated rings. The summed E-state index contributed by atoms with van der Waals surface area (Å²) in [6.45, 7) is 1.74. The molecule has 11 heteroatoms. The number of nitrogens with zero attached hydrogens (tertiary/aromatic N) is 1. The minimum Gasteiger partial charge on any atom is -0.359 e. The number of nitrogens with one attached hydrogen (secondary N) is 2. The molecule has 0 atom stereocenters. The SMILES string of the molecule is Cc1cccc(-c2cc(S(=O)(=O)Nc3cc(F)c(C(F)(F)F)cc3F)c[nH]2)n1. The smallest absolute Gasteiger partial charge is 0.359 e. The second kappa shape index (κ2) is 6.89. The Labute approximate surface area is 156 Å². The van der Waals surface area contributed by atoms with Crippen LogP contribution in [-0.2, 0) is 16.2 Å². The topological polar surface area (TPSA) is 74.8 Å². The van der Waals surface area contributed by atoms with E-state index >= 15 is 0 Å². The Morgan fingerprint density at radius 2 is 1.79 bits per heavy atom. The monoisotopic (exact) mass is 417 g/mol. The van der Waals surface area contributed by atoms with Gasteiger partial charge in [0.05, 0.1) is 22.6 Å². The summed E-state index contributed by atoms with van der Waals surface area (Å²) in [5.41, 5.74) is -1.28. The Bertz CT molecular complexity index is 1140. The maximum absolute atomic E-state index is 13.9. The fourth-order valence-corrected chi connectivity index (χ4v) is 3.47. The van der Waals surface area contributed by atoms with Gasteiger partial charge in [0.1, 0.15) is 16.5 Å². The summed E-state index contributed by atoms with van der Waals surface area (Å²) >= 11 is 0. The summed E-state index contributed by atoms with van der Waals surface area (Å²) in [6, 6.07) is 6.34. The molecule has 0 unspecified atom stereocenters. The third-order valence-electron chi connectivity index (χ3n) is 3.74. The lowest BCUT2D eigenvalue weighted by atomic mass is 10.2. The molecule has 28 heavy (non-hydrogen) atoms. The van der Waals surface area contributed by atoms with Crippen molar-refractivity contribution >= 4 is 15.7 Å². The van der Waals surface area contributed by atoms with Crippen molar-refractivity contribution in [2.75, 3.05) is 4.72 Å². The van der Waals surface area contributed by atoms with E-state index in [9.17, 15) is 30.4 Å². The Morgan fingerprint density at radius 3 is 2.43 bits per heavy atom. The molecule has 1 aromatic carbocycles. The minimum absolute atomic E-state index is 0.105. The largest absolute Gasteiger partial charge is 0.419 e. The summed E-state index contributed by atoms with van der Waals surface area (Å²) in [5, 5.41) is 0. The van der Waals surface area contributed by atoms with E-state index in [4.69, 9.17) is 0 Å². The number of aryl methyl sites for hydroxylation is 1. The molecule has 148 valence electrons. The maximum Gasteiger partial charge on any atom is 0.419 e. The molecule has 5 nitrogen and oxygen atoms in total. The second-order valence-corrected chi connectivity index (χ2v) is 7.51. The van der Waals surface area contributed by atoms with Gasteiger partial charge < -0.3 is 4.98 Å². The highest BCUT2D eigenvalue weighted by atomic mass is 32.2. The number of hydrogen-bond donors (Lipinski definition) is 2. The second-order valence-electron chi connectivity index (χ2n) is 5.83. The van der Waals surface area contributed by atoms with Crippen molar-refractivity contribution < 1.29 is 30.4 Å². The Hall–Kier alpha value is -2.95. The fourth-order valence-electron chi connectivity index (χ4n) is 2.42. The van der Waals surface area contributed by atoms with Gasteiger partial charge in [-0.3, -0.25) is 9.71 Å². The lowest BCUT2D eigenvalue weighted by molar-refractivity contribution is -0.140. The van der Waals surface area contributed by atoms with Crippen LogP contribution in [0, 0.1) is 18.6 Å². The van der Waals surface area contributed by atoms with Crippen molar-refractivity contribution in [3.63, 3.8) is 0 Å². The van der Waals surface area contributed by atoms with E-state index in [-0.39, 0.29) is 17.0 Å². The highest BCUT2D eigenvalue weighted by Crippen LogP contribution is 2.34. The third-order valence-corrected chi connectivity index (χ3v) is 5.08. The van der Waals surface area contributed by atoms with E-state index in [1.54, 1.807) is 29.8 Å². The van der Waals surface area contributed by atoms with E-state index in [1.807, 2.05) is 0 Å². The number of rotatable bonds is 4. The molecule has 3 rings (SSSR count). The normalized spacial score (nSPS) is 12.2. The van der Waals surface area contributed by atoms with Gasteiger partial charge in [0, 0.05) is 18.0 Å². The zero-order chi connectivity index (χ0) is 20.7. The first-order chi connectivity index (χ1) is 13.0. The lowest BCUT2D eigenvalue weighted by Crippen LogP contribution is -2.15. The number of halogens is 5. The van der Waals surface area contributed by atoms with Crippen molar-refractivity contribution in [1.82, 2.24) is 9.97 Å². The number of hydrogen-bond acceptors (Lipinski definition) is 3. The number of pyridine rings is 1. The van der Waals surface area contributed by atoms with E-state index in [0.717, 1.165) is 6.20 Å². The van der Waals surface area contributed by atoms with Gasteiger partial charge in [-0.05, 0) is 31.2 Å². The molecule has 0 amide bonds. The number of alkyl halides is 3. The van der Waals surface area contributed by atoms with Crippen LogP contribution in [0.15, 0.2) is 47.5 Å². The zero-order valence-electron chi connectivity index (χ0n) is 14.1. The lowest BCUT2D eigenvalue weighted by Gasteiger charge is -2.12. The molecule has 0 radical (unpaired) electrons. The first kappa shape index (κ1) is 19.8. The first-order valence-corrected chi connectivity index (χ1v) is 9.17. The molecule has 2 heterocycles. The average molecular weight is 417 g/mol. The highest BCUT2D eigenvalue weighted by Gasteiger charge is 2.35. The van der Waals surface area contributed by atoms with Crippen LogP contribution in [0.2, 0.25) is 0 Å². The molecule has 0 bridgehead atoms. The summed E-state index contributed by atoms with van der Waals surface area (Å²) in [4.78, 5) is 6.59. The maximum atomic E-state index is 13.9. The molecule has 0 aliphatic heterocycles. The van der Waals surface area contributed by atoms with Crippen molar-refractivity contribution in [2.45, 2.75) is 18.0 Å². The van der Waals surface area contributed by atoms with Gasteiger partial charge >= 0.3 is 6.18 Å². The summed E-state index contributed by atoms with van der Waals surface area (Å²) in [5.74, 6) is -3.36. The molecule has 2 N–H and O–H groups in total. The third kappa shape index (κ3) is 3.98. The summed E-state index contributed by atoms with van der Waals surface area (Å²) in [7, 11) is -4.40. The Balaban J connectivity index is 1.92. The molecule has 0 saturated carbocycles. The van der Waals surface area contributed by atoms with E-state index < -0.39 is 39.1 Å². The van der Waals surface area contributed by atoms with E-state index in [0.29, 0.717) is 17.1 Å². The first-order valence-electron chi connectivity index (χ1n) is 7.69. The summed E-state index contributed by atoms with van der Waals surface area (Å²) in [6.07, 6.45) is -4.02. The van der Waals surface area contributed by atoms with Gasteiger partial charge in [0.25, 0.3) is 10.0 Å². The number of benzene rings is 1. The molecule has 0 aliphatic rings. The van der Waals surface area contributed by atoms with E-state index in [1.165, 1.54) is 6.07 Å². The fraction of sp³-hybridized carbons (Fsp3) is 0.118. The van der Waals surface area contributed by atoms with Crippen LogP contribution in [0.5, 0.6) is 0 Å². The van der Waals surface area contributed by atoms with Gasteiger partial charge in [-0.2, -0.15) is 13.2 Å². The van der Waals surface area contributed by atoms with Gasteiger partial charge in [-0.25, -0.2) is 17.2 Å². The van der Waals surface area contributed by atoms with Crippen molar-refractivity contribution in [3.05, 3.63) is 65.5 Å². The minimum atomic E-state index is -5.11. The van der Waals surface area contributed by atoms with Gasteiger partial charge in [0.2, 0.25) is 0 Å². The number of aromatic amines is 1. The summed E-state index contributed by atoms with van der Waals surface area (Å²) < 4.78 is 91.9. The van der Waals surface area contributed by atoms with Crippen molar-refractivity contribution in [3.8, 4) is 11.4 Å². The molecular formula is C17H12F5N3O2S. The van der Waals surface area contributed by atoms with Gasteiger partial charge in [-0.15, -0.1) is 0 Å². The molecule has 3 aromatic rings. The Morgan fingerprint density at radius 1 is 1.07 bits per heavy atom. The quantitative estimate of drug-likeness (QED) is 0.615. The van der Waals surface area contributed by atoms with E-state index in [2.05, 4.69) is 9.97 Å². The number of aromatic nitrogens is 2. The van der Waals surface area contributed by atoms with Gasteiger partial charge in [-0.1, -0.05) is 6.07 Å². The predicted molar refractivity (Wildman–Crippen MR) is 90.9 cm³/mol. The standard InChI is InChI=1S/C17H12F5N3O2S/c1-9-3-2-4-14(24-9)16-5-10(8-23-16)28(26,27)25-15-7-12(18)11(6-13(15)19)17(20,21)22/h2-8,23,25H,1H3. The number of sulfonamides is 1. The van der Waals surface area contributed by atoms with Crippen molar-refractivity contribution in [2.24, 2.45) is 0 Å². The average Bonchev–Trinajstić information content (AvgIpc) is 3.07.